The van der Waals surface area contributed by atoms with Crippen molar-refractivity contribution in [1.82, 2.24) is 20.2 Å². The van der Waals surface area contributed by atoms with Crippen LogP contribution < -0.4 is 26.5 Å². The maximum absolute atomic E-state index is 13.2. The number of nitrogens with one attached hydrogen (secondary N) is 2. The molecule has 12 nitrogen and oxygen atoms in total. The standard InChI is InChI=1S/C40H55N7O5/c1-38(2,3)52-37(49)46-39(4,5)22-13-23-40(6,7)50-25-12-17-32(48)47-24-11-14-29(26-47)45-36-33(35(42)43-27-44-36)34(41)28-18-20-31(21-19-28)51-30-15-9-8-10-16-30/h8-10,12,15-21,27,29,41H,11,13-14,22-26H2,1-7H3,(H,46,49)(H3,42,43,44,45)/p+1/b17-12+,41-34?/t29-/m1/s1. The molecule has 1 saturated heterocycles. The number of alkyl carbamates (subject to hydrolysis) is 1. The zero-order chi connectivity index (χ0) is 37.9. The molecule has 280 valence electrons. The molecule has 0 unspecified atom stereocenters. The molecule has 0 saturated carbocycles. The average Bonchev–Trinajstić information content (AvgIpc) is 3.06. The van der Waals surface area contributed by atoms with E-state index in [2.05, 4.69) is 20.6 Å². The van der Waals surface area contributed by atoms with E-state index >= 15 is 0 Å². The minimum Gasteiger partial charge on any atom is -0.457 e. The van der Waals surface area contributed by atoms with E-state index in [9.17, 15) is 9.59 Å². The molecule has 4 rings (SSSR count). The molecule has 0 bridgehead atoms. The van der Waals surface area contributed by atoms with Crippen LogP contribution in [0.15, 0.2) is 73.1 Å². The summed E-state index contributed by atoms with van der Waals surface area (Å²) in [5, 5.41) is 13.1. The third-order valence-electron chi connectivity index (χ3n) is 8.61. The predicted molar refractivity (Wildman–Crippen MR) is 204 cm³/mol. The average molecular weight is 715 g/mol. The van der Waals surface area contributed by atoms with Gasteiger partial charge in [-0.25, -0.2) is 14.8 Å². The van der Waals surface area contributed by atoms with E-state index in [1.165, 1.54) is 6.33 Å². The van der Waals surface area contributed by atoms with E-state index in [0.717, 1.165) is 43.4 Å². The fraction of sp³-hybridized carbons (Fsp3) is 0.475. The highest BCUT2D eigenvalue weighted by atomic mass is 16.6. The van der Waals surface area contributed by atoms with Crippen LogP contribution >= 0.6 is 0 Å². The summed E-state index contributed by atoms with van der Waals surface area (Å²) in [5.41, 5.74) is 6.67. The van der Waals surface area contributed by atoms with Gasteiger partial charge >= 0.3 is 6.09 Å². The Morgan fingerprint density at radius 2 is 1.67 bits per heavy atom. The van der Waals surface area contributed by atoms with Gasteiger partial charge in [-0.05, 0) is 117 Å². The van der Waals surface area contributed by atoms with Gasteiger partial charge in [-0.15, -0.1) is 0 Å². The van der Waals surface area contributed by atoms with Crippen molar-refractivity contribution in [1.29, 1.82) is 0 Å². The number of nitrogen functional groups attached to an aromatic ring is 1. The zero-order valence-electron chi connectivity index (χ0n) is 31.7. The summed E-state index contributed by atoms with van der Waals surface area (Å²) in [4.78, 5) is 35.9. The van der Waals surface area contributed by atoms with Crippen molar-refractivity contribution in [3.63, 3.8) is 0 Å². The molecule has 1 aromatic heterocycles. The molecule has 12 heteroatoms. The Morgan fingerprint density at radius 1 is 0.981 bits per heavy atom. The number of carbonyl (C=O) groups excluding carboxylic acids is 2. The maximum Gasteiger partial charge on any atom is 0.408 e. The van der Waals surface area contributed by atoms with Gasteiger partial charge in [0, 0.05) is 36.3 Å². The van der Waals surface area contributed by atoms with Gasteiger partial charge in [-0.2, -0.15) is 0 Å². The number of hydrogen-bond acceptors (Lipinski definition) is 9. The second-order valence-corrected chi connectivity index (χ2v) is 15.4. The zero-order valence-corrected chi connectivity index (χ0v) is 31.7. The van der Waals surface area contributed by atoms with E-state index in [1.807, 2.05) is 108 Å². The maximum atomic E-state index is 13.2. The van der Waals surface area contributed by atoms with Crippen LogP contribution in [0.1, 0.15) is 91.7 Å². The third kappa shape index (κ3) is 12.7. The van der Waals surface area contributed by atoms with Crippen molar-refractivity contribution < 1.29 is 29.2 Å². The first-order valence-corrected chi connectivity index (χ1v) is 17.9. The molecular weight excluding hydrogens is 658 g/mol. The molecular formula is C40H56N7O5+. The van der Waals surface area contributed by atoms with Gasteiger partial charge in [-0.3, -0.25) is 10.2 Å². The predicted octanol–water partition coefficient (Wildman–Crippen LogP) is 5.68. The fourth-order valence-electron chi connectivity index (χ4n) is 5.93. The summed E-state index contributed by atoms with van der Waals surface area (Å²) in [5.74, 6) is 2.13. The van der Waals surface area contributed by atoms with Gasteiger partial charge in [0.15, 0.2) is 0 Å². The first-order chi connectivity index (χ1) is 24.5. The molecule has 1 atom stereocenters. The molecule has 2 heterocycles. The third-order valence-corrected chi connectivity index (χ3v) is 8.61. The molecule has 1 aliphatic rings. The summed E-state index contributed by atoms with van der Waals surface area (Å²) in [6.07, 6.45) is 8.42. The first-order valence-electron chi connectivity index (χ1n) is 17.9. The second kappa shape index (κ2) is 17.5. The topological polar surface area (TPSA) is 167 Å². The molecule has 2 aromatic carbocycles. The lowest BCUT2D eigenvalue weighted by atomic mass is 9.93. The number of amides is 2. The Morgan fingerprint density at radius 3 is 2.37 bits per heavy atom. The molecule has 1 fully saturated rings. The number of hydrogen-bond donors (Lipinski definition) is 4. The lowest BCUT2D eigenvalue weighted by molar-refractivity contribution is -0.127. The van der Waals surface area contributed by atoms with Crippen LogP contribution in [0.2, 0.25) is 0 Å². The molecule has 52 heavy (non-hydrogen) atoms. The molecule has 2 amide bonds. The highest BCUT2D eigenvalue weighted by molar-refractivity contribution is 6.14. The number of piperidine rings is 1. The largest absolute Gasteiger partial charge is 0.457 e. The van der Waals surface area contributed by atoms with E-state index in [-0.39, 0.29) is 17.8 Å². The summed E-state index contributed by atoms with van der Waals surface area (Å²) >= 11 is 0. The number of ether oxygens (including phenoxy) is 3. The molecule has 0 radical (unpaired) electrons. The van der Waals surface area contributed by atoms with Crippen LogP contribution in [-0.2, 0) is 14.3 Å². The van der Waals surface area contributed by atoms with E-state index < -0.39 is 22.8 Å². The molecule has 0 aliphatic carbocycles. The SMILES string of the molecule is CC(C)(CCCC(C)(C)OC/C=C/C(=O)N1CCC[C@@H](Nc2ncnc(N)c2C(=[NH2+])c2ccc(Oc3ccccc3)cc2)C1)NC(=O)OC(C)(C)C. The van der Waals surface area contributed by atoms with Crippen LogP contribution in [0.3, 0.4) is 0 Å². The van der Waals surface area contributed by atoms with E-state index in [1.54, 1.807) is 12.2 Å². The minimum absolute atomic E-state index is 0.0576. The lowest BCUT2D eigenvalue weighted by Crippen LogP contribution is -2.46. The van der Waals surface area contributed by atoms with E-state index in [0.29, 0.717) is 42.5 Å². The summed E-state index contributed by atoms with van der Waals surface area (Å²) in [6, 6.07) is 16.9. The minimum atomic E-state index is -0.545. The number of nitrogens with zero attached hydrogens (tertiary/aromatic N) is 3. The Labute approximate surface area is 308 Å². The Kier molecular flexibility index (Phi) is 13.4. The Hall–Kier alpha value is -4.97. The van der Waals surface area contributed by atoms with Crippen molar-refractivity contribution >= 4 is 29.3 Å². The van der Waals surface area contributed by atoms with Crippen molar-refractivity contribution in [2.75, 3.05) is 30.7 Å². The quantitative estimate of drug-likeness (QED) is 0.115. The molecule has 0 spiro atoms. The highest BCUT2D eigenvalue weighted by Gasteiger charge is 2.28. The summed E-state index contributed by atoms with van der Waals surface area (Å²) in [7, 11) is 0. The van der Waals surface area contributed by atoms with Crippen LogP contribution in [0.5, 0.6) is 11.5 Å². The molecule has 6 N–H and O–H groups in total. The Balaban J connectivity index is 1.26. The van der Waals surface area contributed by atoms with Crippen LogP contribution in [0.4, 0.5) is 16.4 Å². The number of anilines is 2. The smallest absolute Gasteiger partial charge is 0.408 e. The summed E-state index contributed by atoms with van der Waals surface area (Å²) < 4.78 is 17.4. The van der Waals surface area contributed by atoms with Crippen LogP contribution in [0.25, 0.3) is 0 Å². The van der Waals surface area contributed by atoms with Gasteiger partial charge in [0.05, 0.1) is 12.2 Å². The van der Waals surface area contributed by atoms with Gasteiger partial charge in [0.25, 0.3) is 0 Å². The number of carbonyl (C=O) groups is 2. The Bertz CT molecular complexity index is 1680. The number of likely N-dealkylation sites (tertiary alicyclic amines) is 1. The summed E-state index contributed by atoms with van der Waals surface area (Å²) in [6.45, 7) is 15.0. The fourth-order valence-corrected chi connectivity index (χ4v) is 5.93. The van der Waals surface area contributed by atoms with Crippen LogP contribution in [-0.4, -0.2) is 75.1 Å². The molecule has 1 aliphatic heterocycles. The van der Waals surface area contributed by atoms with Crippen LogP contribution in [0, 0.1) is 0 Å². The number of para-hydroxylation sites is 1. The first kappa shape index (κ1) is 39.8. The second-order valence-electron chi connectivity index (χ2n) is 15.4. The highest BCUT2D eigenvalue weighted by Crippen LogP contribution is 2.26. The number of nitrogens with two attached hydrogens (primary N) is 2. The van der Waals surface area contributed by atoms with E-state index in [4.69, 9.17) is 25.4 Å². The number of benzene rings is 2. The number of rotatable bonds is 15. The van der Waals surface area contributed by atoms with Crippen molar-refractivity contribution in [3.05, 3.63) is 84.2 Å². The van der Waals surface area contributed by atoms with Gasteiger partial charge in [-0.1, -0.05) is 24.3 Å². The van der Waals surface area contributed by atoms with Gasteiger partial charge in [0.2, 0.25) is 11.6 Å². The van der Waals surface area contributed by atoms with Gasteiger partial charge < -0.3 is 35.5 Å². The van der Waals surface area contributed by atoms with Crippen molar-refractivity contribution in [2.24, 2.45) is 0 Å². The van der Waals surface area contributed by atoms with Crippen molar-refractivity contribution in [3.8, 4) is 11.5 Å². The number of aromatic nitrogens is 2. The van der Waals surface area contributed by atoms with Crippen molar-refractivity contribution in [2.45, 2.75) is 103 Å². The van der Waals surface area contributed by atoms with Gasteiger partial charge in [0.1, 0.15) is 40.6 Å². The monoisotopic (exact) mass is 714 g/mol. The molecule has 3 aromatic rings. The lowest BCUT2D eigenvalue weighted by Gasteiger charge is -2.33. The normalized spacial score (nSPS) is 15.3.